The number of carbonyl (C=O) groups excluding carboxylic acids is 1. The number of hydrogen-bond acceptors (Lipinski definition) is 8. The second-order valence-corrected chi connectivity index (χ2v) is 8.03. The molecule has 0 aliphatic carbocycles. The molecule has 174 valence electrons. The Balaban J connectivity index is 0.000000968. The van der Waals surface area contributed by atoms with Gasteiger partial charge in [-0.25, -0.2) is 0 Å². The van der Waals surface area contributed by atoms with Crippen molar-refractivity contribution in [2.75, 3.05) is 38.2 Å². The lowest BCUT2D eigenvalue weighted by atomic mass is 10.2. The zero-order valence-corrected chi connectivity index (χ0v) is 19.5. The van der Waals surface area contributed by atoms with E-state index in [0.717, 1.165) is 22.6 Å². The van der Waals surface area contributed by atoms with E-state index in [4.69, 9.17) is 21.6 Å². The lowest BCUT2D eigenvalue weighted by Crippen LogP contribution is -2.48. The third-order valence-corrected chi connectivity index (χ3v) is 5.85. The van der Waals surface area contributed by atoms with Gasteiger partial charge in [0.2, 0.25) is 5.91 Å². The third kappa shape index (κ3) is 5.72. The molecule has 3 heterocycles. The van der Waals surface area contributed by atoms with Gasteiger partial charge in [-0.3, -0.25) is 9.69 Å². The highest BCUT2D eigenvalue weighted by molar-refractivity contribution is 6.31. The fraction of sp³-hybridized carbons (Fsp3) is 0.391. The molecule has 9 nitrogen and oxygen atoms in total. The Kier molecular flexibility index (Phi) is 8.09. The Morgan fingerprint density at radius 2 is 2.00 bits per heavy atom. The van der Waals surface area contributed by atoms with E-state index in [-0.39, 0.29) is 11.7 Å². The van der Waals surface area contributed by atoms with Gasteiger partial charge in [0.05, 0.1) is 18.9 Å². The van der Waals surface area contributed by atoms with E-state index in [2.05, 4.69) is 26.3 Å². The molecule has 1 N–H and O–H groups in total. The standard InChI is InChI=1S/C21H24ClN5O3.C2H3N/c1-3-19(29)26-6-8-27(9-7-26)20-16-12-25(13-18(16)23-21(24-20)30-2)11-14-10-15(28)4-5-17(14)22;1-2-3/h3-5,10,28H,1,6-9,11-13H2,2H3;1H3. The number of nitriles is 1. The summed E-state index contributed by atoms with van der Waals surface area (Å²) in [6, 6.07) is 7.06. The number of hydrogen-bond donors (Lipinski definition) is 1. The summed E-state index contributed by atoms with van der Waals surface area (Å²) in [4.78, 5) is 27.2. The first-order valence-corrected chi connectivity index (χ1v) is 10.9. The van der Waals surface area contributed by atoms with Crippen molar-refractivity contribution in [3.05, 3.63) is 52.7 Å². The van der Waals surface area contributed by atoms with Crippen LogP contribution in [0.25, 0.3) is 0 Å². The minimum atomic E-state index is -0.0469. The van der Waals surface area contributed by atoms with E-state index in [0.29, 0.717) is 56.8 Å². The predicted molar refractivity (Wildman–Crippen MR) is 125 cm³/mol. The number of benzene rings is 1. The van der Waals surface area contributed by atoms with Crippen molar-refractivity contribution in [3.8, 4) is 17.8 Å². The van der Waals surface area contributed by atoms with Crippen LogP contribution in [0.5, 0.6) is 11.8 Å². The number of piperazine rings is 1. The fourth-order valence-electron chi connectivity index (χ4n) is 3.93. The van der Waals surface area contributed by atoms with Crippen LogP contribution in [0.4, 0.5) is 5.82 Å². The quantitative estimate of drug-likeness (QED) is 0.665. The van der Waals surface area contributed by atoms with Gasteiger partial charge in [0, 0.05) is 63.3 Å². The van der Waals surface area contributed by atoms with Crippen molar-refractivity contribution in [1.29, 1.82) is 5.26 Å². The number of carbonyl (C=O) groups is 1. The molecule has 10 heteroatoms. The lowest BCUT2D eigenvalue weighted by Gasteiger charge is -2.35. The zero-order chi connectivity index (χ0) is 24.0. The summed E-state index contributed by atoms with van der Waals surface area (Å²) in [5.74, 6) is 1.00. The molecule has 2 aliphatic heterocycles. The zero-order valence-electron chi connectivity index (χ0n) is 18.8. The van der Waals surface area contributed by atoms with Crippen LogP contribution in [-0.4, -0.2) is 64.1 Å². The Hall–Kier alpha value is -3.35. The second-order valence-electron chi connectivity index (χ2n) is 7.62. The highest BCUT2D eigenvalue weighted by Crippen LogP contribution is 2.33. The molecule has 0 atom stereocenters. The average Bonchev–Trinajstić information content (AvgIpc) is 3.23. The number of nitrogens with zero attached hydrogens (tertiary/aromatic N) is 6. The van der Waals surface area contributed by atoms with E-state index in [1.165, 1.54) is 13.0 Å². The van der Waals surface area contributed by atoms with Gasteiger partial charge < -0.3 is 19.6 Å². The molecule has 0 radical (unpaired) electrons. The molecule has 1 aromatic heterocycles. The van der Waals surface area contributed by atoms with Crippen molar-refractivity contribution in [1.82, 2.24) is 19.8 Å². The highest BCUT2D eigenvalue weighted by Gasteiger charge is 2.30. The van der Waals surface area contributed by atoms with Crippen LogP contribution in [0, 0.1) is 11.3 Å². The maximum absolute atomic E-state index is 11.9. The van der Waals surface area contributed by atoms with E-state index < -0.39 is 0 Å². The van der Waals surface area contributed by atoms with E-state index >= 15 is 0 Å². The fourth-order valence-corrected chi connectivity index (χ4v) is 4.11. The number of aromatic nitrogens is 2. The number of phenolic OH excluding ortho intramolecular Hbond substituents is 1. The van der Waals surface area contributed by atoms with Crippen LogP contribution >= 0.6 is 11.6 Å². The third-order valence-electron chi connectivity index (χ3n) is 5.48. The van der Waals surface area contributed by atoms with E-state index in [1.807, 2.05) is 0 Å². The van der Waals surface area contributed by atoms with E-state index in [1.54, 1.807) is 36.3 Å². The van der Waals surface area contributed by atoms with Gasteiger partial charge in [-0.15, -0.1) is 0 Å². The van der Waals surface area contributed by atoms with Gasteiger partial charge in [-0.05, 0) is 29.8 Å². The van der Waals surface area contributed by atoms with Crippen LogP contribution in [0.3, 0.4) is 0 Å². The van der Waals surface area contributed by atoms with Gasteiger partial charge in [-0.2, -0.15) is 15.2 Å². The molecule has 0 spiro atoms. The molecule has 1 aromatic carbocycles. The number of methoxy groups -OCH3 is 1. The van der Waals surface area contributed by atoms with Crippen LogP contribution in [0.1, 0.15) is 23.7 Å². The first kappa shape index (κ1) is 24.3. The Morgan fingerprint density at radius 1 is 1.30 bits per heavy atom. The predicted octanol–water partition coefficient (Wildman–Crippen LogP) is 2.72. The summed E-state index contributed by atoms with van der Waals surface area (Å²) in [6.45, 7) is 9.51. The van der Waals surface area contributed by atoms with Crippen molar-refractivity contribution in [3.63, 3.8) is 0 Å². The number of phenols is 1. The summed E-state index contributed by atoms with van der Waals surface area (Å²) in [5.41, 5.74) is 2.86. The van der Waals surface area contributed by atoms with Crippen LogP contribution in [0.2, 0.25) is 5.02 Å². The highest BCUT2D eigenvalue weighted by atomic mass is 35.5. The summed E-state index contributed by atoms with van der Waals surface area (Å²) >= 11 is 6.30. The maximum atomic E-state index is 11.9. The molecule has 1 fully saturated rings. The molecular weight excluding hydrogens is 444 g/mol. The van der Waals surface area contributed by atoms with Gasteiger partial charge in [0.1, 0.15) is 11.6 Å². The van der Waals surface area contributed by atoms with E-state index in [9.17, 15) is 9.90 Å². The number of ether oxygens (including phenoxy) is 1. The van der Waals surface area contributed by atoms with Crippen molar-refractivity contribution >= 4 is 23.3 Å². The molecule has 1 saturated heterocycles. The number of anilines is 1. The van der Waals surface area contributed by atoms with Gasteiger partial charge in [0.15, 0.2) is 0 Å². The molecule has 0 bridgehead atoms. The average molecular weight is 471 g/mol. The molecule has 0 saturated carbocycles. The van der Waals surface area contributed by atoms with Crippen molar-refractivity contribution in [2.24, 2.45) is 0 Å². The lowest BCUT2D eigenvalue weighted by molar-refractivity contribution is -0.126. The Morgan fingerprint density at radius 3 is 2.64 bits per heavy atom. The van der Waals surface area contributed by atoms with Crippen molar-refractivity contribution in [2.45, 2.75) is 26.6 Å². The summed E-state index contributed by atoms with van der Waals surface area (Å²) in [6.07, 6.45) is 1.35. The molecule has 4 rings (SSSR count). The number of halogens is 1. The first-order chi connectivity index (χ1) is 15.9. The smallest absolute Gasteiger partial charge is 0.318 e. The van der Waals surface area contributed by atoms with Gasteiger partial charge >= 0.3 is 6.01 Å². The molecule has 2 aliphatic rings. The van der Waals surface area contributed by atoms with Crippen LogP contribution in [0.15, 0.2) is 30.9 Å². The van der Waals surface area contributed by atoms with Crippen molar-refractivity contribution < 1.29 is 14.6 Å². The minimum absolute atomic E-state index is 0.0469. The largest absolute Gasteiger partial charge is 0.508 e. The number of aromatic hydroxyl groups is 1. The molecule has 1 amide bonds. The monoisotopic (exact) mass is 470 g/mol. The topological polar surface area (TPSA) is 106 Å². The number of amides is 1. The van der Waals surface area contributed by atoms with Gasteiger partial charge in [0.25, 0.3) is 0 Å². The van der Waals surface area contributed by atoms with Crippen LogP contribution < -0.4 is 9.64 Å². The first-order valence-electron chi connectivity index (χ1n) is 10.5. The molecule has 0 unspecified atom stereocenters. The Bertz CT molecular complexity index is 1060. The second kappa shape index (κ2) is 11.0. The molecule has 33 heavy (non-hydrogen) atoms. The number of fused-ring (bicyclic) bond motifs is 1. The number of rotatable bonds is 5. The minimum Gasteiger partial charge on any atom is -0.508 e. The summed E-state index contributed by atoms with van der Waals surface area (Å²) in [7, 11) is 1.56. The SMILES string of the molecule is C=CC(=O)N1CCN(c2nc(OC)nc3c2CN(Cc2cc(O)ccc2Cl)C3)CC1.CC#N. The molecule has 2 aromatic rings. The van der Waals surface area contributed by atoms with Crippen LogP contribution in [-0.2, 0) is 24.4 Å². The summed E-state index contributed by atoms with van der Waals surface area (Å²) in [5, 5.41) is 17.7. The summed E-state index contributed by atoms with van der Waals surface area (Å²) < 4.78 is 5.34. The normalized spacial score (nSPS) is 15.2. The Labute approximate surface area is 198 Å². The maximum Gasteiger partial charge on any atom is 0.318 e. The molecular formula is C23H27ClN6O3. The van der Waals surface area contributed by atoms with Gasteiger partial charge in [-0.1, -0.05) is 18.2 Å².